The lowest BCUT2D eigenvalue weighted by Gasteiger charge is -2.37. The van der Waals surface area contributed by atoms with Crippen molar-refractivity contribution in [2.75, 3.05) is 6.54 Å². The number of rotatable bonds is 5. The quantitative estimate of drug-likeness (QED) is 0.565. The molecule has 0 saturated carbocycles. The van der Waals surface area contributed by atoms with Crippen LogP contribution in [0.15, 0.2) is 0 Å². The molecule has 2 unspecified atom stereocenters. The van der Waals surface area contributed by atoms with Gasteiger partial charge in [0.2, 0.25) is 0 Å². The highest BCUT2D eigenvalue weighted by molar-refractivity contribution is 7.80. The Morgan fingerprint density at radius 3 is 2.44 bits per heavy atom. The summed E-state index contributed by atoms with van der Waals surface area (Å²) in [5.74, 6) is 0. The summed E-state index contributed by atoms with van der Waals surface area (Å²) in [5, 5.41) is 9.69. The van der Waals surface area contributed by atoms with Crippen LogP contribution < -0.4 is 5.73 Å². The van der Waals surface area contributed by atoms with Gasteiger partial charge in [0.1, 0.15) is 0 Å². The second kappa shape index (κ2) is 5.43. The lowest BCUT2D eigenvalue weighted by atomic mass is 9.99. The second-order valence-corrected chi connectivity index (χ2v) is 5.70. The van der Waals surface area contributed by atoms with Crippen LogP contribution in [0, 0.1) is 0 Å². The first kappa shape index (κ1) is 12.3. The van der Waals surface area contributed by atoms with E-state index in [9.17, 15) is 5.11 Å². The maximum atomic E-state index is 9.69. The third kappa shape index (κ3) is 2.93. The van der Waals surface area contributed by atoms with Crippen molar-refractivity contribution in [2.45, 2.75) is 63.1 Å². The molecule has 0 aliphatic carbocycles. The van der Waals surface area contributed by atoms with Crippen molar-refractivity contribution in [1.82, 2.24) is 4.90 Å². The molecule has 0 amide bonds. The van der Waals surface area contributed by atoms with E-state index in [-0.39, 0.29) is 6.10 Å². The van der Waals surface area contributed by atoms with Gasteiger partial charge in [-0.25, -0.2) is 0 Å². The van der Waals surface area contributed by atoms with Crippen LogP contribution in [0.25, 0.3) is 0 Å². The first-order valence-corrected chi connectivity index (χ1v) is 6.79. The molecule has 2 atom stereocenters. The van der Waals surface area contributed by atoms with Crippen LogP contribution in [0.5, 0.6) is 0 Å². The molecular weight excluding hydrogens is 220 g/mol. The minimum Gasteiger partial charge on any atom is -0.393 e. The zero-order valence-electron chi connectivity index (χ0n) is 9.77. The van der Waals surface area contributed by atoms with Crippen LogP contribution in [0.1, 0.15) is 44.9 Å². The lowest BCUT2D eigenvalue weighted by Crippen LogP contribution is -2.45. The van der Waals surface area contributed by atoms with Crippen molar-refractivity contribution < 1.29 is 5.11 Å². The number of nitrogens with zero attached hydrogens (tertiary/aromatic N) is 1. The monoisotopic (exact) mass is 242 g/mol. The number of hydrogen-bond donors (Lipinski definition) is 2. The third-order valence-corrected chi connectivity index (χ3v) is 4.15. The number of fused-ring (bicyclic) bond motifs is 2. The molecule has 2 fully saturated rings. The average Bonchev–Trinajstić information content (AvgIpc) is 2.45. The van der Waals surface area contributed by atoms with Crippen molar-refractivity contribution >= 4 is 17.2 Å². The van der Waals surface area contributed by atoms with E-state index in [0.717, 1.165) is 32.2 Å². The molecule has 3 N–H and O–H groups in total. The number of unbranched alkanes of at least 4 members (excludes halogenated alkanes) is 1. The summed E-state index contributed by atoms with van der Waals surface area (Å²) in [7, 11) is 0. The zero-order chi connectivity index (χ0) is 11.5. The zero-order valence-corrected chi connectivity index (χ0v) is 10.6. The number of piperidine rings is 1. The highest BCUT2D eigenvalue weighted by Crippen LogP contribution is 2.35. The predicted octanol–water partition coefficient (Wildman–Crippen LogP) is 1.43. The molecular formula is C12H22N2OS. The van der Waals surface area contributed by atoms with Crippen LogP contribution in [-0.4, -0.2) is 39.7 Å². The molecule has 0 spiro atoms. The summed E-state index contributed by atoms with van der Waals surface area (Å²) in [6.45, 7) is 1.16. The van der Waals surface area contributed by atoms with Gasteiger partial charge in [0, 0.05) is 12.1 Å². The van der Waals surface area contributed by atoms with Crippen molar-refractivity contribution in [1.29, 1.82) is 0 Å². The summed E-state index contributed by atoms with van der Waals surface area (Å²) in [5.41, 5.74) is 5.48. The van der Waals surface area contributed by atoms with Crippen LogP contribution in [0.2, 0.25) is 0 Å². The van der Waals surface area contributed by atoms with Crippen LogP contribution >= 0.6 is 12.2 Å². The fourth-order valence-corrected chi connectivity index (χ4v) is 3.35. The Kier molecular flexibility index (Phi) is 4.16. The van der Waals surface area contributed by atoms with Crippen molar-refractivity contribution in [2.24, 2.45) is 5.73 Å². The van der Waals surface area contributed by atoms with Crippen molar-refractivity contribution in [3.8, 4) is 0 Å². The van der Waals surface area contributed by atoms with Gasteiger partial charge in [0.25, 0.3) is 0 Å². The van der Waals surface area contributed by atoms with Gasteiger partial charge in [0.15, 0.2) is 0 Å². The number of nitrogens with two attached hydrogens (primary N) is 1. The minimum absolute atomic E-state index is 0.0506. The van der Waals surface area contributed by atoms with E-state index in [1.165, 1.54) is 19.3 Å². The smallest absolute Gasteiger partial charge is 0.0727 e. The first-order chi connectivity index (χ1) is 7.66. The molecule has 2 bridgehead atoms. The molecule has 2 rings (SSSR count). The van der Waals surface area contributed by atoms with E-state index < -0.39 is 0 Å². The van der Waals surface area contributed by atoms with Gasteiger partial charge in [0.05, 0.1) is 11.1 Å². The van der Waals surface area contributed by atoms with Gasteiger partial charge >= 0.3 is 0 Å². The predicted molar refractivity (Wildman–Crippen MR) is 69.4 cm³/mol. The van der Waals surface area contributed by atoms with E-state index in [4.69, 9.17) is 18.0 Å². The number of aliphatic hydroxyl groups excluding tert-OH is 1. The summed E-state index contributed by atoms with van der Waals surface area (Å²) < 4.78 is 0. The summed E-state index contributed by atoms with van der Waals surface area (Å²) in [6.07, 6.45) is 7.62. The summed E-state index contributed by atoms with van der Waals surface area (Å²) >= 11 is 4.87. The Balaban J connectivity index is 1.72. The maximum absolute atomic E-state index is 9.69. The fraction of sp³-hybridized carbons (Fsp3) is 0.917. The van der Waals surface area contributed by atoms with Crippen LogP contribution in [0.3, 0.4) is 0 Å². The van der Waals surface area contributed by atoms with E-state index in [1.54, 1.807) is 0 Å². The molecule has 92 valence electrons. The number of hydrogen-bond acceptors (Lipinski definition) is 3. The first-order valence-electron chi connectivity index (χ1n) is 6.39. The van der Waals surface area contributed by atoms with E-state index in [1.807, 2.05) is 0 Å². The Bertz CT molecular complexity index is 245. The molecule has 2 heterocycles. The Morgan fingerprint density at radius 1 is 1.25 bits per heavy atom. The Labute approximate surface area is 103 Å². The molecule has 3 nitrogen and oxygen atoms in total. The highest BCUT2D eigenvalue weighted by atomic mass is 32.1. The van der Waals surface area contributed by atoms with Crippen LogP contribution in [0.4, 0.5) is 0 Å². The summed E-state index contributed by atoms with van der Waals surface area (Å²) in [4.78, 5) is 3.24. The van der Waals surface area contributed by atoms with E-state index in [2.05, 4.69) is 4.90 Å². The molecule has 0 aromatic rings. The molecule has 0 aromatic carbocycles. The van der Waals surface area contributed by atoms with Gasteiger partial charge in [-0.15, -0.1) is 0 Å². The highest BCUT2D eigenvalue weighted by Gasteiger charge is 2.39. The van der Waals surface area contributed by atoms with Crippen molar-refractivity contribution in [3.05, 3.63) is 0 Å². The SMILES string of the molecule is NC(=S)CCCCN1C2CCC1CC(O)C2. The van der Waals surface area contributed by atoms with Gasteiger partial charge < -0.3 is 10.8 Å². The molecule has 16 heavy (non-hydrogen) atoms. The lowest BCUT2D eigenvalue weighted by molar-refractivity contribution is 0.0348. The number of thiocarbonyl (C=S) groups is 1. The minimum atomic E-state index is -0.0506. The number of aliphatic hydroxyl groups is 1. The largest absolute Gasteiger partial charge is 0.393 e. The molecule has 4 heteroatoms. The van der Waals surface area contributed by atoms with Gasteiger partial charge in [-0.2, -0.15) is 0 Å². The van der Waals surface area contributed by atoms with Gasteiger partial charge in [-0.05, 0) is 51.5 Å². The molecule has 2 aliphatic heterocycles. The van der Waals surface area contributed by atoms with Gasteiger partial charge in [-0.3, -0.25) is 4.90 Å². The molecule has 0 radical (unpaired) electrons. The van der Waals surface area contributed by atoms with Crippen LogP contribution in [-0.2, 0) is 0 Å². The third-order valence-electron chi connectivity index (χ3n) is 3.95. The topological polar surface area (TPSA) is 49.5 Å². The summed E-state index contributed by atoms with van der Waals surface area (Å²) in [6, 6.07) is 1.28. The molecule has 0 aromatic heterocycles. The Morgan fingerprint density at radius 2 is 1.88 bits per heavy atom. The maximum Gasteiger partial charge on any atom is 0.0727 e. The fourth-order valence-electron chi connectivity index (χ4n) is 3.20. The van der Waals surface area contributed by atoms with E-state index >= 15 is 0 Å². The van der Waals surface area contributed by atoms with Gasteiger partial charge in [-0.1, -0.05) is 12.2 Å². The molecule has 2 aliphatic rings. The normalized spacial score (nSPS) is 34.2. The molecule has 2 saturated heterocycles. The van der Waals surface area contributed by atoms with Crippen molar-refractivity contribution in [3.63, 3.8) is 0 Å². The van der Waals surface area contributed by atoms with E-state index in [0.29, 0.717) is 17.1 Å². The second-order valence-electron chi connectivity index (χ2n) is 5.17. The Hall–Kier alpha value is -0.190. The standard InChI is InChI=1S/C12H22N2OS/c13-12(16)3-1-2-6-14-9-4-5-10(14)8-11(15)7-9/h9-11,15H,1-8H2,(H2,13,16). The average molecular weight is 242 g/mol.